The number of halogens is 2. The molecule has 0 saturated carbocycles. The maximum atomic E-state index is 12.5. The quantitative estimate of drug-likeness (QED) is 0.617. The van der Waals surface area contributed by atoms with Crippen molar-refractivity contribution in [3.8, 4) is 5.75 Å². The minimum atomic E-state index is -1.14. The fourth-order valence-corrected chi connectivity index (χ4v) is 3.76. The molecule has 0 aromatic heterocycles. The van der Waals surface area contributed by atoms with E-state index in [4.69, 9.17) is 27.9 Å². The zero-order valence-electron chi connectivity index (χ0n) is 15.7. The number of nitrogens with one attached hydrogen (secondary N) is 2. The monoisotopic (exact) mass is 436 g/mol. The fourth-order valence-electron chi connectivity index (χ4n) is 3.19. The van der Waals surface area contributed by atoms with Gasteiger partial charge in [0.2, 0.25) is 0 Å². The van der Waals surface area contributed by atoms with E-state index in [9.17, 15) is 14.7 Å². The number of carboxylic acids is 1. The molecule has 0 aliphatic carbocycles. The molecule has 2 aromatic carbocycles. The first-order valence-electron chi connectivity index (χ1n) is 9.38. The van der Waals surface area contributed by atoms with E-state index < -0.39 is 17.9 Å². The van der Waals surface area contributed by atoms with Crippen molar-refractivity contribution >= 4 is 35.1 Å². The molecule has 2 aromatic rings. The Labute approximate surface area is 179 Å². The fraction of sp³-hybridized carbons (Fsp3) is 0.333. The normalized spacial score (nSPS) is 15.5. The number of carboxylic acid groups (broad SMARTS) is 1. The van der Waals surface area contributed by atoms with Crippen LogP contribution in [-0.2, 0) is 11.2 Å². The summed E-state index contributed by atoms with van der Waals surface area (Å²) in [5.41, 5.74) is 0.827. The molecule has 1 amide bonds. The Morgan fingerprint density at radius 1 is 1.10 bits per heavy atom. The molecule has 154 valence electrons. The lowest BCUT2D eigenvalue weighted by atomic mass is 10.0. The molecule has 0 spiro atoms. The third-order valence-electron chi connectivity index (χ3n) is 4.75. The number of aliphatic carboxylic acids is 1. The second kappa shape index (κ2) is 9.96. The molecule has 0 radical (unpaired) electrons. The summed E-state index contributed by atoms with van der Waals surface area (Å²) >= 11 is 12.1. The summed E-state index contributed by atoms with van der Waals surface area (Å²) in [6.45, 7) is 1.89. The summed E-state index contributed by atoms with van der Waals surface area (Å²) in [5, 5.41) is 15.6. The van der Waals surface area contributed by atoms with Crippen molar-refractivity contribution < 1.29 is 19.4 Å². The Bertz CT molecular complexity index is 847. The van der Waals surface area contributed by atoms with Crippen molar-refractivity contribution in [3.63, 3.8) is 0 Å². The number of carbonyl (C=O) groups is 2. The Morgan fingerprint density at radius 2 is 1.72 bits per heavy atom. The Balaban J connectivity index is 1.64. The second-order valence-corrected chi connectivity index (χ2v) is 7.69. The van der Waals surface area contributed by atoms with Crippen molar-refractivity contribution in [1.82, 2.24) is 10.6 Å². The molecular formula is C21H22Cl2N2O4. The van der Waals surface area contributed by atoms with Gasteiger partial charge in [0.15, 0.2) is 0 Å². The lowest BCUT2D eigenvalue weighted by Crippen LogP contribution is -2.42. The molecule has 3 N–H and O–H groups in total. The summed E-state index contributed by atoms with van der Waals surface area (Å²) in [4.78, 5) is 24.2. The van der Waals surface area contributed by atoms with Gasteiger partial charge in [0.25, 0.3) is 5.91 Å². The SMILES string of the molecule is O=C(NC(Cc1ccc(OC2CCNCC2)cc1)C(=O)O)c1c(Cl)cccc1Cl. The first-order chi connectivity index (χ1) is 13.9. The maximum absolute atomic E-state index is 12.5. The molecule has 0 bridgehead atoms. The number of hydrogen-bond acceptors (Lipinski definition) is 4. The molecule has 1 aliphatic heterocycles. The third-order valence-corrected chi connectivity index (χ3v) is 5.38. The second-order valence-electron chi connectivity index (χ2n) is 6.88. The van der Waals surface area contributed by atoms with Crippen LogP contribution in [0.3, 0.4) is 0 Å². The Morgan fingerprint density at radius 3 is 2.31 bits per heavy atom. The zero-order chi connectivity index (χ0) is 20.8. The van der Waals surface area contributed by atoms with Crippen molar-refractivity contribution in [2.75, 3.05) is 13.1 Å². The average molecular weight is 437 g/mol. The van der Waals surface area contributed by atoms with Gasteiger partial charge in [-0.25, -0.2) is 4.79 Å². The van der Waals surface area contributed by atoms with E-state index in [1.54, 1.807) is 18.2 Å². The van der Waals surface area contributed by atoms with Crippen LogP contribution in [0.25, 0.3) is 0 Å². The summed E-state index contributed by atoms with van der Waals surface area (Å²) < 4.78 is 5.96. The highest BCUT2D eigenvalue weighted by atomic mass is 35.5. The minimum Gasteiger partial charge on any atom is -0.490 e. The molecule has 1 atom stereocenters. The maximum Gasteiger partial charge on any atom is 0.326 e. The number of hydrogen-bond donors (Lipinski definition) is 3. The summed E-state index contributed by atoms with van der Waals surface area (Å²) in [5.74, 6) is -1.02. The van der Waals surface area contributed by atoms with Gasteiger partial charge in [-0.05, 0) is 55.8 Å². The third kappa shape index (κ3) is 5.85. The van der Waals surface area contributed by atoms with Crippen LogP contribution in [0, 0.1) is 0 Å². The van der Waals surface area contributed by atoms with Crippen LogP contribution >= 0.6 is 23.2 Å². The first-order valence-corrected chi connectivity index (χ1v) is 10.1. The smallest absolute Gasteiger partial charge is 0.326 e. The van der Waals surface area contributed by atoms with Gasteiger partial charge in [0, 0.05) is 6.42 Å². The van der Waals surface area contributed by atoms with Crippen LogP contribution in [0.1, 0.15) is 28.8 Å². The van der Waals surface area contributed by atoms with E-state index in [1.807, 2.05) is 12.1 Å². The van der Waals surface area contributed by atoms with Gasteiger partial charge in [-0.15, -0.1) is 0 Å². The highest BCUT2D eigenvalue weighted by Crippen LogP contribution is 2.24. The molecular weight excluding hydrogens is 415 g/mol. The van der Waals surface area contributed by atoms with Crippen molar-refractivity contribution in [2.24, 2.45) is 0 Å². The highest BCUT2D eigenvalue weighted by molar-refractivity contribution is 6.39. The van der Waals surface area contributed by atoms with Crippen LogP contribution < -0.4 is 15.4 Å². The average Bonchev–Trinajstić information content (AvgIpc) is 2.69. The van der Waals surface area contributed by atoms with Crippen molar-refractivity contribution in [3.05, 3.63) is 63.6 Å². The Kier molecular flexibility index (Phi) is 7.36. The van der Waals surface area contributed by atoms with E-state index in [0.29, 0.717) is 0 Å². The number of piperidine rings is 1. The molecule has 1 aliphatic rings. The predicted octanol–water partition coefficient (Wildman–Crippen LogP) is 3.55. The first kappa shape index (κ1) is 21.4. The minimum absolute atomic E-state index is 0.0628. The molecule has 8 heteroatoms. The number of amides is 1. The summed E-state index contributed by atoms with van der Waals surface area (Å²) in [6.07, 6.45) is 2.23. The number of ether oxygens (including phenoxy) is 1. The summed E-state index contributed by atoms with van der Waals surface area (Å²) in [7, 11) is 0. The lowest BCUT2D eigenvalue weighted by Gasteiger charge is -2.24. The van der Waals surface area contributed by atoms with Crippen molar-refractivity contribution in [1.29, 1.82) is 0 Å². The van der Waals surface area contributed by atoms with E-state index in [1.165, 1.54) is 12.1 Å². The van der Waals surface area contributed by atoms with Gasteiger partial charge in [0.05, 0.1) is 15.6 Å². The van der Waals surface area contributed by atoms with Crippen LogP contribution in [0.4, 0.5) is 0 Å². The van der Waals surface area contributed by atoms with E-state index in [0.717, 1.165) is 37.2 Å². The molecule has 1 saturated heterocycles. The van der Waals surface area contributed by atoms with Gasteiger partial charge in [-0.2, -0.15) is 0 Å². The van der Waals surface area contributed by atoms with Crippen molar-refractivity contribution in [2.45, 2.75) is 31.4 Å². The van der Waals surface area contributed by atoms with Gasteiger partial charge < -0.3 is 20.5 Å². The van der Waals surface area contributed by atoms with Gasteiger partial charge in [-0.1, -0.05) is 41.4 Å². The van der Waals surface area contributed by atoms with E-state index in [2.05, 4.69) is 10.6 Å². The number of carbonyl (C=O) groups excluding carboxylic acids is 1. The molecule has 1 unspecified atom stereocenters. The largest absolute Gasteiger partial charge is 0.490 e. The van der Waals surface area contributed by atoms with E-state index in [-0.39, 0.29) is 28.1 Å². The molecule has 3 rings (SSSR count). The molecule has 1 heterocycles. The topological polar surface area (TPSA) is 87.7 Å². The van der Waals surface area contributed by atoms with Crippen LogP contribution in [0.15, 0.2) is 42.5 Å². The lowest BCUT2D eigenvalue weighted by molar-refractivity contribution is -0.139. The molecule has 6 nitrogen and oxygen atoms in total. The van der Waals surface area contributed by atoms with Gasteiger partial charge in [-0.3, -0.25) is 4.79 Å². The van der Waals surface area contributed by atoms with Crippen LogP contribution in [0.2, 0.25) is 10.0 Å². The number of benzene rings is 2. The van der Waals surface area contributed by atoms with Crippen LogP contribution in [0.5, 0.6) is 5.75 Å². The van der Waals surface area contributed by atoms with Gasteiger partial charge >= 0.3 is 5.97 Å². The molecule has 29 heavy (non-hydrogen) atoms. The Hall–Kier alpha value is -2.28. The standard InChI is InChI=1S/C21H22Cl2N2O4/c22-16-2-1-3-17(23)19(16)20(26)25-18(21(27)28)12-13-4-6-14(7-5-13)29-15-8-10-24-11-9-15/h1-7,15,18,24H,8-12H2,(H,25,26)(H,27,28). The summed E-state index contributed by atoms with van der Waals surface area (Å²) in [6, 6.07) is 10.8. The highest BCUT2D eigenvalue weighted by Gasteiger charge is 2.24. The zero-order valence-corrected chi connectivity index (χ0v) is 17.2. The molecule has 1 fully saturated rings. The van der Waals surface area contributed by atoms with Gasteiger partial charge in [0.1, 0.15) is 17.9 Å². The van der Waals surface area contributed by atoms with Crippen LogP contribution in [-0.4, -0.2) is 42.2 Å². The van der Waals surface area contributed by atoms with E-state index >= 15 is 0 Å². The number of rotatable bonds is 7. The predicted molar refractivity (Wildman–Crippen MR) is 112 cm³/mol.